The number of benzene rings is 1. The monoisotopic (exact) mass is 190 g/mol. The van der Waals surface area contributed by atoms with Crippen LogP contribution in [0.5, 0.6) is 5.75 Å². The molecule has 0 aromatic heterocycles. The molecule has 2 aliphatic carbocycles. The Balaban J connectivity index is 1.99. The molecule has 0 radical (unpaired) electrons. The van der Waals surface area contributed by atoms with Crippen molar-refractivity contribution in [2.75, 3.05) is 7.11 Å². The van der Waals surface area contributed by atoms with Gasteiger partial charge in [0.1, 0.15) is 5.75 Å². The fourth-order valence-electron chi connectivity index (χ4n) is 2.80. The average molecular weight is 190 g/mol. The first kappa shape index (κ1) is 8.30. The predicted octanol–water partition coefficient (Wildman–Crippen LogP) is 1.72. The number of hydrogen-bond donors (Lipinski definition) is 1. The van der Waals surface area contributed by atoms with E-state index in [2.05, 4.69) is 12.1 Å². The molecule has 3 rings (SSSR count). The maximum atomic E-state index is 9.59. The topological polar surface area (TPSA) is 29.5 Å². The molecule has 0 saturated heterocycles. The van der Waals surface area contributed by atoms with Crippen molar-refractivity contribution < 1.29 is 9.84 Å². The van der Waals surface area contributed by atoms with Crippen LogP contribution in [0.4, 0.5) is 0 Å². The van der Waals surface area contributed by atoms with Crippen molar-refractivity contribution in [1.82, 2.24) is 0 Å². The van der Waals surface area contributed by atoms with Gasteiger partial charge in [0.15, 0.2) is 0 Å². The summed E-state index contributed by atoms with van der Waals surface area (Å²) in [6, 6.07) is 6.28. The van der Waals surface area contributed by atoms with Crippen LogP contribution in [0.25, 0.3) is 0 Å². The minimum absolute atomic E-state index is 0.0709. The van der Waals surface area contributed by atoms with E-state index >= 15 is 0 Å². The third kappa shape index (κ3) is 0.947. The maximum absolute atomic E-state index is 9.59. The van der Waals surface area contributed by atoms with E-state index in [-0.39, 0.29) is 6.10 Å². The third-order valence-corrected chi connectivity index (χ3v) is 3.71. The summed E-state index contributed by atoms with van der Waals surface area (Å²) in [5, 5.41) is 9.59. The molecule has 0 bridgehead atoms. The molecule has 1 fully saturated rings. The normalized spacial score (nSPS) is 33.1. The first-order chi connectivity index (χ1) is 6.79. The van der Waals surface area contributed by atoms with Crippen LogP contribution in [0.3, 0.4) is 0 Å². The number of methoxy groups -OCH3 is 1. The summed E-state index contributed by atoms with van der Waals surface area (Å²) in [5.74, 6) is 2.01. The lowest BCUT2D eigenvalue weighted by atomic mass is 9.72. The molecule has 2 nitrogen and oxygen atoms in total. The first-order valence-electron chi connectivity index (χ1n) is 5.14. The highest BCUT2D eigenvalue weighted by molar-refractivity contribution is 5.44. The van der Waals surface area contributed by atoms with Crippen molar-refractivity contribution in [2.24, 2.45) is 5.92 Å². The highest BCUT2D eigenvalue weighted by atomic mass is 16.5. The Labute approximate surface area is 83.5 Å². The highest BCUT2D eigenvalue weighted by Crippen LogP contribution is 2.51. The SMILES string of the molecule is COc1ccc2c(c1)C1CC(O)C1C2. The van der Waals surface area contributed by atoms with Crippen LogP contribution in [-0.4, -0.2) is 18.3 Å². The lowest BCUT2D eigenvalue weighted by molar-refractivity contribution is 0.0109. The first-order valence-corrected chi connectivity index (χ1v) is 5.14. The summed E-state index contributed by atoms with van der Waals surface area (Å²) in [7, 11) is 1.70. The lowest BCUT2D eigenvalue weighted by Crippen LogP contribution is -2.36. The van der Waals surface area contributed by atoms with Crippen molar-refractivity contribution in [3.8, 4) is 5.75 Å². The number of hydrogen-bond acceptors (Lipinski definition) is 2. The van der Waals surface area contributed by atoms with Crippen LogP contribution in [-0.2, 0) is 6.42 Å². The van der Waals surface area contributed by atoms with Gasteiger partial charge in [0, 0.05) is 0 Å². The number of fused-ring (bicyclic) bond motifs is 3. The van der Waals surface area contributed by atoms with Crippen molar-refractivity contribution in [3.05, 3.63) is 29.3 Å². The van der Waals surface area contributed by atoms with Crippen LogP contribution in [0.15, 0.2) is 18.2 Å². The standard InChI is InChI=1S/C12H14O2/c1-14-8-3-2-7-4-11-10(6-12(11)13)9(7)5-8/h2-3,5,10-13H,4,6H2,1H3. The van der Waals surface area contributed by atoms with E-state index in [0.717, 1.165) is 18.6 Å². The van der Waals surface area contributed by atoms with E-state index < -0.39 is 0 Å². The average Bonchev–Trinajstić information content (AvgIpc) is 2.51. The van der Waals surface area contributed by atoms with Gasteiger partial charge in [0.05, 0.1) is 13.2 Å². The quantitative estimate of drug-likeness (QED) is 0.730. The molecule has 74 valence electrons. The number of aliphatic hydroxyl groups is 1. The molecule has 0 heterocycles. The molecule has 1 aromatic rings. The van der Waals surface area contributed by atoms with Gasteiger partial charge in [-0.15, -0.1) is 0 Å². The van der Waals surface area contributed by atoms with Gasteiger partial charge in [-0.3, -0.25) is 0 Å². The Morgan fingerprint density at radius 3 is 3.00 bits per heavy atom. The zero-order valence-electron chi connectivity index (χ0n) is 8.23. The summed E-state index contributed by atoms with van der Waals surface area (Å²) < 4.78 is 5.21. The fraction of sp³-hybridized carbons (Fsp3) is 0.500. The molecule has 0 amide bonds. The van der Waals surface area contributed by atoms with Crippen molar-refractivity contribution in [2.45, 2.75) is 24.9 Å². The number of rotatable bonds is 1. The third-order valence-electron chi connectivity index (χ3n) is 3.71. The van der Waals surface area contributed by atoms with Gasteiger partial charge in [-0.1, -0.05) is 6.07 Å². The maximum Gasteiger partial charge on any atom is 0.119 e. The predicted molar refractivity (Wildman–Crippen MR) is 53.6 cm³/mol. The van der Waals surface area contributed by atoms with Gasteiger partial charge in [-0.2, -0.15) is 0 Å². The van der Waals surface area contributed by atoms with E-state index in [0.29, 0.717) is 11.8 Å². The zero-order chi connectivity index (χ0) is 9.71. The van der Waals surface area contributed by atoms with Gasteiger partial charge >= 0.3 is 0 Å². The van der Waals surface area contributed by atoms with Crippen LogP contribution in [0.2, 0.25) is 0 Å². The van der Waals surface area contributed by atoms with Gasteiger partial charge in [-0.05, 0) is 47.9 Å². The molecular weight excluding hydrogens is 176 g/mol. The van der Waals surface area contributed by atoms with Crippen LogP contribution in [0.1, 0.15) is 23.5 Å². The summed E-state index contributed by atoms with van der Waals surface area (Å²) in [6.07, 6.45) is 1.91. The van der Waals surface area contributed by atoms with Crippen LogP contribution >= 0.6 is 0 Å². The van der Waals surface area contributed by atoms with E-state index in [1.165, 1.54) is 11.1 Å². The highest BCUT2D eigenvalue weighted by Gasteiger charge is 2.46. The Kier molecular flexibility index (Phi) is 1.62. The van der Waals surface area contributed by atoms with Gasteiger partial charge in [-0.25, -0.2) is 0 Å². The van der Waals surface area contributed by atoms with Gasteiger partial charge in [0.2, 0.25) is 0 Å². The molecule has 1 N–H and O–H groups in total. The van der Waals surface area contributed by atoms with E-state index in [9.17, 15) is 5.11 Å². The molecule has 1 saturated carbocycles. The molecule has 2 heteroatoms. The Bertz CT molecular complexity index is 373. The van der Waals surface area contributed by atoms with E-state index in [1.54, 1.807) is 7.11 Å². The fourth-order valence-corrected chi connectivity index (χ4v) is 2.80. The van der Waals surface area contributed by atoms with Gasteiger partial charge in [0.25, 0.3) is 0 Å². The van der Waals surface area contributed by atoms with Crippen molar-refractivity contribution >= 4 is 0 Å². The molecule has 14 heavy (non-hydrogen) atoms. The minimum atomic E-state index is -0.0709. The van der Waals surface area contributed by atoms with Crippen molar-refractivity contribution in [1.29, 1.82) is 0 Å². The lowest BCUT2D eigenvalue weighted by Gasteiger charge is -2.37. The van der Waals surface area contributed by atoms with Gasteiger partial charge < -0.3 is 9.84 Å². The second kappa shape index (κ2) is 2.74. The molecule has 0 aliphatic heterocycles. The Morgan fingerprint density at radius 1 is 1.43 bits per heavy atom. The molecule has 3 atom stereocenters. The largest absolute Gasteiger partial charge is 0.497 e. The molecule has 2 aliphatic rings. The molecule has 1 aromatic carbocycles. The van der Waals surface area contributed by atoms with Crippen molar-refractivity contribution in [3.63, 3.8) is 0 Å². The Morgan fingerprint density at radius 2 is 2.29 bits per heavy atom. The number of aliphatic hydroxyl groups excluding tert-OH is 1. The van der Waals surface area contributed by atoms with E-state index in [1.807, 2.05) is 6.07 Å². The number of ether oxygens (including phenoxy) is 1. The summed E-state index contributed by atoms with van der Waals surface area (Å²) >= 11 is 0. The summed E-state index contributed by atoms with van der Waals surface area (Å²) in [5.41, 5.74) is 2.80. The van der Waals surface area contributed by atoms with E-state index in [4.69, 9.17) is 4.74 Å². The summed E-state index contributed by atoms with van der Waals surface area (Å²) in [4.78, 5) is 0. The van der Waals surface area contributed by atoms with Crippen LogP contribution in [0, 0.1) is 5.92 Å². The summed E-state index contributed by atoms with van der Waals surface area (Å²) in [6.45, 7) is 0. The Hall–Kier alpha value is -1.02. The molecular formula is C12H14O2. The minimum Gasteiger partial charge on any atom is -0.497 e. The second-order valence-corrected chi connectivity index (χ2v) is 4.34. The second-order valence-electron chi connectivity index (χ2n) is 4.34. The molecule has 0 spiro atoms. The van der Waals surface area contributed by atoms with Crippen LogP contribution < -0.4 is 4.74 Å². The smallest absolute Gasteiger partial charge is 0.119 e. The molecule has 3 unspecified atom stereocenters. The zero-order valence-corrected chi connectivity index (χ0v) is 8.23.